The summed E-state index contributed by atoms with van der Waals surface area (Å²) in [6.45, 7) is 3.12. The number of amides is 2. The molecule has 0 aliphatic rings. The number of sulfonamides is 1. The average molecular weight is 526 g/mol. The number of carbonyl (C=O) groups is 2. The van der Waals surface area contributed by atoms with Crippen LogP contribution in [0.1, 0.15) is 24.5 Å². The van der Waals surface area contributed by atoms with E-state index < -0.39 is 34.3 Å². The maximum Gasteiger partial charge on any atom is 0.264 e. The lowest BCUT2D eigenvalue weighted by Gasteiger charge is -2.33. The van der Waals surface area contributed by atoms with Gasteiger partial charge in [0.15, 0.2) is 0 Å². The summed E-state index contributed by atoms with van der Waals surface area (Å²) >= 11 is 0. The Balaban J connectivity index is 2.01. The molecule has 0 heterocycles. The number of rotatable bonds is 11. The monoisotopic (exact) mass is 525 g/mol. The van der Waals surface area contributed by atoms with E-state index in [0.717, 1.165) is 21.5 Å². The number of carbonyl (C=O) groups excluding carboxylic acids is 2. The highest BCUT2D eigenvalue weighted by Gasteiger charge is 2.34. The molecule has 0 aromatic heterocycles. The van der Waals surface area contributed by atoms with E-state index in [4.69, 9.17) is 0 Å². The normalized spacial score (nSPS) is 12.0. The summed E-state index contributed by atoms with van der Waals surface area (Å²) in [6, 6.07) is 20.2. The van der Waals surface area contributed by atoms with E-state index >= 15 is 0 Å². The smallest absolute Gasteiger partial charge is 0.264 e. The van der Waals surface area contributed by atoms with Gasteiger partial charge in [-0.2, -0.15) is 0 Å². The van der Waals surface area contributed by atoms with Gasteiger partial charge in [0.25, 0.3) is 10.0 Å². The Hall–Kier alpha value is -3.72. The van der Waals surface area contributed by atoms with Crippen LogP contribution in [0, 0.1) is 12.7 Å². The molecule has 3 aromatic rings. The number of anilines is 1. The molecule has 196 valence electrons. The highest BCUT2D eigenvalue weighted by Crippen LogP contribution is 2.27. The second-order valence-corrected chi connectivity index (χ2v) is 10.5. The Morgan fingerprint density at radius 3 is 2.16 bits per heavy atom. The van der Waals surface area contributed by atoms with Crippen molar-refractivity contribution in [3.8, 4) is 0 Å². The molecule has 3 rings (SSSR count). The first-order valence-electron chi connectivity index (χ1n) is 12.1. The number of likely N-dealkylation sites (N-methyl/N-ethyl adjacent to an activating group) is 1. The van der Waals surface area contributed by atoms with Gasteiger partial charge in [0.1, 0.15) is 18.4 Å². The van der Waals surface area contributed by atoms with E-state index in [2.05, 4.69) is 5.32 Å². The number of hydrogen-bond acceptors (Lipinski definition) is 4. The summed E-state index contributed by atoms with van der Waals surface area (Å²) in [5.74, 6) is -1.74. The molecule has 0 radical (unpaired) electrons. The second kappa shape index (κ2) is 12.5. The Morgan fingerprint density at radius 1 is 0.946 bits per heavy atom. The van der Waals surface area contributed by atoms with Gasteiger partial charge in [-0.25, -0.2) is 12.8 Å². The molecule has 0 saturated heterocycles. The van der Waals surface area contributed by atoms with Crippen LogP contribution in [0.4, 0.5) is 10.1 Å². The minimum absolute atomic E-state index is 0.0664. The first-order valence-corrected chi connectivity index (χ1v) is 13.5. The third kappa shape index (κ3) is 6.74. The topological polar surface area (TPSA) is 86.8 Å². The van der Waals surface area contributed by atoms with Crippen LogP contribution in [-0.2, 0) is 26.0 Å². The molecule has 0 bridgehead atoms. The van der Waals surface area contributed by atoms with Gasteiger partial charge in [-0.3, -0.25) is 13.9 Å². The number of aryl methyl sites for hydroxylation is 1. The molecule has 0 aliphatic carbocycles. The first-order chi connectivity index (χ1) is 17.7. The third-order valence-electron chi connectivity index (χ3n) is 6.13. The van der Waals surface area contributed by atoms with Gasteiger partial charge in [0.2, 0.25) is 11.8 Å². The van der Waals surface area contributed by atoms with E-state index in [-0.39, 0.29) is 23.0 Å². The van der Waals surface area contributed by atoms with Crippen molar-refractivity contribution in [1.29, 1.82) is 0 Å². The van der Waals surface area contributed by atoms with Crippen molar-refractivity contribution < 1.29 is 22.4 Å². The Morgan fingerprint density at radius 2 is 1.57 bits per heavy atom. The van der Waals surface area contributed by atoms with Crippen LogP contribution in [0.5, 0.6) is 0 Å². The van der Waals surface area contributed by atoms with Gasteiger partial charge in [0, 0.05) is 13.6 Å². The van der Waals surface area contributed by atoms with Crippen LogP contribution in [0.15, 0.2) is 83.8 Å². The van der Waals surface area contributed by atoms with Gasteiger partial charge in [-0.15, -0.1) is 0 Å². The molecule has 0 spiro atoms. The Bertz CT molecular complexity index is 1310. The lowest BCUT2D eigenvalue weighted by molar-refractivity contribution is -0.139. The summed E-state index contributed by atoms with van der Waals surface area (Å²) in [7, 11) is -2.82. The van der Waals surface area contributed by atoms with E-state index in [0.29, 0.717) is 12.8 Å². The van der Waals surface area contributed by atoms with Crippen molar-refractivity contribution in [2.45, 2.75) is 37.6 Å². The van der Waals surface area contributed by atoms with Crippen molar-refractivity contribution >= 4 is 27.5 Å². The number of benzene rings is 3. The minimum Gasteiger partial charge on any atom is -0.357 e. The number of para-hydroxylation sites is 1. The SMILES string of the molecule is CCC(C(=O)NC)N(CCc1ccccc1)C(=O)CN(c1ccccc1F)S(=O)(=O)c1ccc(C)cc1. The fourth-order valence-corrected chi connectivity index (χ4v) is 5.49. The number of nitrogens with one attached hydrogen (secondary N) is 1. The lowest BCUT2D eigenvalue weighted by atomic mass is 10.1. The first kappa shape index (κ1) is 27.9. The van der Waals surface area contributed by atoms with Crippen LogP contribution >= 0.6 is 0 Å². The molecule has 0 fully saturated rings. The molecule has 37 heavy (non-hydrogen) atoms. The van der Waals surface area contributed by atoms with E-state index in [1.807, 2.05) is 37.3 Å². The van der Waals surface area contributed by atoms with E-state index in [9.17, 15) is 22.4 Å². The molecule has 1 atom stereocenters. The predicted octanol–water partition coefficient (Wildman–Crippen LogP) is 3.93. The zero-order valence-corrected chi connectivity index (χ0v) is 22.0. The largest absolute Gasteiger partial charge is 0.357 e. The molecule has 1 N–H and O–H groups in total. The van der Waals surface area contributed by atoms with Gasteiger partial charge in [-0.05, 0) is 49.6 Å². The van der Waals surface area contributed by atoms with Gasteiger partial charge in [-0.1, -0.05) is 67.1 Å². The van der Waals surface area contributed by atoms with Crippen molar-refractivity contribution in [3.05, 3.63) is 95.8 Å². The van der Waals surface area contributed by atoms with Crippen LogP contribution in [0.2, 0.25) is 0 Å². The molecule has 1 unspecified atom stereocenters. The maximum atomic E-state index is 14.9. The van der Waals surface area contributed by atoms with Crippen LogP contribution in [-0.4, -0.2) is 51.3 Å². The number of halogens is 1. The van der Waals surface area contributed by atoms with Gasteiger partial charge >= 0.3 is 0 Å². The standard InChI is InChI=1S/C28H32FN3O4S/c1-4-25(28(34)30-3)31(19-18-22-10-6-5-7-11-22)27(33)20-32(26-13-9-8-12-24(26)29)37(35,36)23-16-14-21(2)15-17-23/h5-17,25H,4,18-20H2,1-3H3,(H,30,34). The van der Waals surface area contributed by atoms with E-state index in [1.165, 1.54) is 42.3 Å². The summed E-state index contributed by atoms with van der Waals surface area (Å²) in [4.78, 5) is 27.7. The molecular weight excluding hydrogens is 493 g/mol. The summed E-state index contributed by atoms with van der Waals surface area (Å²) in [5, 5.41) is 2.58. The van der Waals surface area contributed by atoms with Gasteiger partial charge < -0.3 is 10.2 Å². The minimum atomic E-state index is -4.30. The number of hydrogen-bond donors (Lipinski definition) is 1. The van der Waals surface area contributed by atoms with Crippen molar-refractivity contribution in [2.24, 2.45) is 0 Å². The Kier molecular flexibility index (Phi) is 9.41. The quantitative estimate of drug-likeness (QED) is 0.411. The summed E-state index contributed by atoms with van der Waals surface area (Å²) in [6.07, 6.45) is 0.787. The van der Waals surface area contributed by atoms with Crippen LogP contribution in [0.3, 0.4) is 0 Å². The van der Waals surface area contributed by atoms with Gasteiger partial charge in [0.05, 0.1) is 10.6 Å². The van der Waals surface area contributed by atoms with Crippen LogP contribution < -0.4 is 9.62 Å². The van der Waals surface area contributed by atoms with Crippen molar-refractivity contribution in [3.63, 3.8) is 0 Å². The van der Waals surface area contributed by atoms with E-state index in [1.54, 1.807) is 19.1 Å². The molecule has 0 aliphatic heterocycles. The van der Waals surface area contributed by atoms with Crippen LogP contribution in [0.25, 0.3) is 0 Å². The van der Waals surface area contributed by atoms with Crippen molar-refractivity contribution in [1.82, 2.24) is 10.2 Å². The zero-order valence-electron chi connectivity index (χ0n) is 21.2. The molecule has 9 heteroatoms. The summed E-state index contributed by atoms with van der Waals surface area (Å²) in [5.41, 5.74) is 1.58. The molecule has 7 nitrogen and oxygen atoms in total. The summed E-state index contributed by atoms with van der Waals surface area (Å²) < 4.78 is 43.0. The lowest BCUT2D eigenvalue weighted by Crippen LogP contribution is -2.52. The molecule has 2 amide bonds. The highest BCUT2D eigenvalue weighted by atomic mass is 32.2. The molecular formula is C28H32FN3O4S. The fourth-order valence-electron chi connectivity index (χ4n) is 4.07. The predicted molar refractivity (Wildman–Crippen MR) is 142 cm³/mol. The average Bonchev–Trinajstić information content (AvgIpc) is 2.90. The number of nitrogens with zero attached hydrogens (tertiary/aromatic N) is 2. The second-order valence-electron chi connectivity index (χ2n) is 8.64. The van der Waals surface area contributed by atoms with Crippen molar-refractivity contribution in [2.75, 3.05) is 24.4 Å². The fraction of sp³-hybridized carbons (Fsp3) is 0.286. The third-order valence-corrected chi connectivity index (χ3v) is 7.90. The highest BCUT2D eigenvalue weighted by molar-refractivity contribution is 7.92. The maximum absolute atomic E-state index is 14.9. The Labute approximate surface area is 218 Å². The molecule has 0 saturated carbocycles. The molecule has 3 aromatic carbocycles. The zero-order chi connectivity index (χ0) is 27.0.